The van der Waals surface area contributed by atoms with E-state index in [9.17, 15) is 8.42 Å². The van der Waals surface area contributed by atoms with Crippen LogP contribution >= 0.6 is 0 Å². The first-order valence-electron chi connectivity index (χ1n) is 7.36. The zero-order chi connectivity index (χ0) is 15.0. The SMILES string of the molecule is CCCN(CCC)S(=O)(=O)c1ccccc1CNCC. The molecule has 0 saturated heterocycles. The van der Waals surface area contributed by atoms with E-state index in [0.29, 0.717) is 24.5 Å². The lowest BCUT2D eigenvalue weighted by molar-refractivity contribution is 0.409. The predicted octanol–water partition coefficient (Wildman–Crippen LogP) is 2.61. The summed E-state index contributed by atoms with van der Waals surface area (Å²) in [4.78, 5) is 0.433. The van der Waals surface area contributed by atoms with Gasteiger partial charge in [-0.1, -0.05) is 39.0 Å². The Morgan fingerprint density at radius 2 is 1.65 bits per heavy atom. The average molecular weight is 298 g/mol. The molecule has 1 aromatic rings. The standard InChI is InChI=1S/C15H26N2O2S/c1-4-11-17(12-5-2)20(18,19)15-10-8-7-9-14(15)13-16-6-3/h7-10,16H,4-6,11-13H2,1-3H3. The molecular formula is C15H26N2O2S. The topological polar surface area (TPSA) is 49.4 Å². The van der Waals surface area contributed by atoms with Gasteiger partial charge in [0.1, 0.15) is 0 Å². The normalized spacial score (nSPS) is 12.0. The van der Waals surface area contributed by atoms with Gasteiger partial charge in [-0.2, -0.15) is 4.31 Å². The average Bonchev–Trinajstić information content (AvgIpc) is 2.45. The minimum atomic E-state index is -3.39. The Kier molecular flexibility index (Phi) is 7.19. The largest absolute Gasteiger partial charge is 0.313 e. The molecule has 0 aromatic heterocycles. The van der Waals surface area contributed by atoms with Gasteiger partial charge in [0, 0.05) is 19.6 Å². The maximum atomic E-state index is 12.8. The maximum absolute atomic E-state index is 12.8. The van der Waals surface area contributed by atoms with Crippen LogP contribution in [0.25, 0.3) is 0 Å². The number of nitrogens with zero attached hydrogens (tertiary/aromatic N) is 1. The van der Waals surface area contributed by atoms with E-state index in [-0.39, 0.29) is 0 Å². The van der Waals surface area contributed by atoms with Gasteiger partial charge in [-0.15, -0.1) is 0 Å². The highest BCUT2D eigenvalue weighted by atomic mass is 32.2. The molecule has 0 aliphatic heterocycles. The summed E-state index contributed by atoms with van der Waals surface area (Å²) >= 11 is 0. The molecule has 0 saturated carbocycles. The summed E-state index contributed by atoms with van der Waals surface area (Å²) in [5, 5.41) is 3.20. The minimum absolute atomic E-state index is 0.433. The molecule has 0 fully saturated rings. The first kappa shape index (κ1) is 17.1. The molecule has 20 heavy (non-hydrogen) atoms. The Hall–Kier alpha value is -0.910. The van der Waals surface area contributed by atoms with Crippen molar-refractivity contribution in [2.24, 2.45) is 0 Å². The van der Waals surface area contributed by atoms with E-state index in [0.717, 1.165) is 24.9 Å². The lowest BCUT2D eigenvalue weighted by atomic mass is 10.2. The zero-order valence-electron chi connectivity index (χ0n) is 12.7. The second-order valence-corrected chi connectivity index (χ2v) is 6.70. The fourth-order valence-electron chi connectivity index (χ4n) is 2.15. The van der Waals surface area contributed by atoms with Crippen LogP contribution in [0, 0.1) is 0 Å². The van der Waals surface area contributed by atoms with Crippen molar-refractivity contribution in [2.45, 2.75) is 45.1 Å². The molecule has 5 heteroatoms. The molecule has 0 amide bonds. The van der Waals surface area contributed by atoms with Gasteiger partial charge >= 0.3 is 0 Å². The van der Waals surface area contributed by atoms with Gasteiger partial charge in [-0.05, 0) is 31.0 Å². The van der Waals surface area contributed by atoms with Crippen molar-refractivity contribution in [2.75, 3.05) is 19.6 Å². The van der Waals surface area contributed by atoms with Crippen molar-refractivity contribution in [3.8, 4) is 0 Å². The van der Waals surface area contributed by atoms with E-state index in [4.69, 9.17) is 0 Å². The van der Waals surface area contributed by atoms with Crippen LogP contribution in [0.1, 0.15) is 39.2 Å². The van der Waals surface area contributed by atoms with Gasteiger partial charge in [0.2, 0.25) is 10.0 Å². The molecule has 1 rings (SSSR count). The Labute approximate surface area is 123 Å². The van der Waals surface area contributed by atoms with E-state index >= 15 is 0 Å². The number of sulfonamides is 1. The molecule has 0 heterocycles. The highest BCUT2D eigenvalue weighted by molar-refractivity contribution is 7.89. The van der Waals surface area contributed by atoms with Gasteiger partial charge in [0.05, 0.1) is 4.90 Å². The van der Waals surface area contributed by atoms with E-state index in [1.165, 1.54) is 0 Å². The van der Waals surface area contributed by atoms with Crippen molar-refractivity contribution in [3.05, 3.63) is 29.8 Å². The summed E-state index contributed by atoms with van der Waals surface area (Å²) in [5.74, 6) is 0. The zero-order valence-corrected chi connectivity index (χ0v) is 13.5. The molecule has 0 spiro atoms. The Bertz CT molecular complexity index is 494. The van der Waals surface area contributed by atoms with Crippen LogP contribution < -0.4 is 5.32 Å². The Balaban J connectivity index is 3.12. The number of hydrogen-bond acceptors (Lipinski definition) is 3. The van der Waals surface area contributed by atoms with Crippen molar-refractivity contribution in [1.82, 2.24) is 9.62 Å². The fourth-order valence-corrected chi connectivity index (χ4v) is 4.00. The molecule has 0 unspecified atom stereocenters. The number of hydrogen-bond donors (Lipinski definition) is 1. The molecule has 4 nitrogen and oxygen atoms in total. The minimum Gasteiger partial charge on any atom is -0.313 e. The molecule has 1 N–H and O–H groups in total. The van der Waals surface area contributed by atoms with Gasteiger partial charge < -0.3 is 5.32 Å². The van der Waals surface area contributed by atoms with Crippen molar-refractivity contribution in [3.63, 3.8) is 0 Å². The second-order valence-electron chi connectivity index (χ2n) is 4.79. The van der Waals surface area contributed by atoms with E-state index in [2.05, 4.69) is 5.32 Å². The Morgan fingerprint density at radius 3 is 2.20 bits per heavy atom. The lowest BCUT2D eigenvalue weighted by Gasteiger charge is -2.22. The van der Waals surface area contributed by atoms with Crippen LogP contribution in [0.15, 0.2) is 29.2 Å². The lowest BCUT2D eigenvalue weighted by Crippen LogP contribution is -2.33. The van der Waals surface area contributed by atoms with E-state index in [1.54, 1.807) is 16.4 Å². The highest BCUT2D eigenvalue weighted by Crippen LogP contribution is 2.20. The third-order valence-corrected chi connectivity index (χ3v) is 5.10. The van der Waals surface area contributed by atoms with Crippen molar-refractivity contribution in [1.29, 1.82) is 0 Å². The van der Waals surface area contributed by atoms with Gasteiger partial charge in [0.25, 0.3) is 0 Å². The van der Waals surface area contributed by atoms with Gasteiger partial charge in [-0.25, -0.2) is 8.42 Å². The fraction of sp³-hybridized carbons (Fsp3) is 0.600. The molecule has 0 aliphatic rings. The van der Waals surface area contributed by atoms with Crippen LogP contribution in [-0.4, -0.2) is 32.4 Å². The summed E-state index contributed by atoms with van der Waals surface area (Å²) < 4.78 is 27.2. The first-order chi connectivity index (χ1) is 9.57. The van der Waals surface area contributed by atoms with E-state index < -0.39 is 10.0 Å². The smallest absolute Gasteiger partial charge is 0.243 e. The summed E-state index contributed by atoms with van der Waals surface area (Å²) in [6, 6.07) is 7.26. The third kappa shape index (κ3) is 4.30. The molecule has 0 aliphatic carbocycles. The number of rotatable bonds is 9. The molecule has 0 atom stereocenters. The highest BCUT2D eigenvalue weighted by Gasteiger charge is 2.25. The van der Waals surface area contributed by atoms with Crippen LogP contribution in [0.4, 0.5) is 0 Å². The summed E-state index contributed by atoms with van der Waals surface area (Å²) in [6.45, 7) is 8.57. The summed E-state index contributed by atoms with van der Waals surface area (Å²) in [6.07, 6.45) is 1.66. The number of nitrogens with one attached hydrogen (secondary N) is 1. The van der Waals surface area contributed by atoms with Gasteiger partial charge in [0.15, 0.2) is 0 Å². The summed E-state index contributed by atoms with van der Waals surface area (Å²) in [7, 11) is -3.39. The predicted molar refractivity (Wildman–Crippen MR) is 83.2 cm³/mol. The molecule has 1 aromatic carbocycles. The van der Waals surface area contributed by atoms with Crippen molar-refractivity contribution >= 4 is 10.0 Å². The molecular weight excluding hydrogens is 272 g/mol. The van der Waals surface area contributed by atoms with Crippen LogP contribution in [0.5, 0.6) is 0 Å². The molecule has 0 radical (unpaired) electrons. The Morgan fingerprint density at radius 1 is 1.05 bits per heavy atom. The second kappa shape index (κ2) is 8.39. The van der Waals surface area contributed by atoms with Gasteiger partial charge in [-0.3, -0.25) is 0 Å². The van der Waals surface area contributed by atoms with E-state index in [1.807, 2.05) is 32.9 Å². The summed E-state index contributed by atoms with van der Waals surface area (Å²) in [5.41, 5.74) is 0.839. The quantitative estimate of drug-likeness (QED) is 0.762. The van der Waals surface area contributed by atoms with Crippen LogP contribution in [0.3, 0.4) is 0 Å². The maximum Gasteiger partial charge on any atom is 0.243 e. The van der Waals surface area contributed by atoms with Crippen LogP contribution in [0.2, 0.25) is 0 Å². The monoisotopic (exact) mass is 298 g/mol. The molecule has 114 valence electrons. The first-order valence-corrected chi connectivity index (χ1v) is 8.80. The van der Waals surface area contributed by atoms with Crippen LogP contribution in [-0.2, 0) is 16.6 Å². The third-order valence-electron chi connectivity index (χ3n) is 3.10. The van der Waals surface area contributed by atoms with Crippen molar-refractivity contribution < 1.29 is 8.42 Å². The number of benzene rings is 1. The molecule has 0 bridgehead atoms.